The summed E-state index contributed by atoms with van der Waals surface area (Å²) in [6.07, 6.45) is -2.36. The Bertz CT molecular complexity index is 393. The molecule has 0 amide bonds. The van der Waals surface area contributed by atoms with Crippen molar-refractivity contribution in [2.24, 2.45) is 5.73 Å². The van der Waals surface area contributed by atoms with Gasteiger partial charge >= 0.3 is 6.18 Å². The molecule has 2 atom stereocenters. The van der Waals surface area contributed by atoms with Crippen molar-refractivity contribution in [3.63, 3.8) is 0 Å². The van der Waals surface area contributed by atoms with Crippen molar-refractivity contribution in [3.05, 3.63) is 35.4 Å². The van der Waals surface area contributed by atoms with E-state index in [-0.39, 0.29) is 12.7 Å². The van der Waals surface area contributed by atoms with E-state index >= 15 is 0 Å². The third-order valence-electron chi connectivity index (χ3n) is 2.90. The minimum Gasteiger partial charge on any atom is -0.377 e. The maximum atomic E-state index is 12.6. The molecule has 0 aliphatic carbocycles. The van der Waals surface area contributed by atoms with Gasteiger partial charge in [0.2, 0.25) is 0 Å². The van der Waals surface area contributed by atoms with Gasteiger partial charge in [-0.3, -0.25) is 0 Å². The second kappa shape index (κ2) is 6.91. The van der Waals surface area contributed by atoms with Crippen LogP contribution in [-0.4, -0.2) is 12.7 Å². The molecule has 19 heavy (non-hydrogen) atoms. The Balaban J connectivity index is 2.64. The van der Waals surface area contributed by atoms with Crippen molar-refractivity contribution in [2.75, 3.05) is 6.61 Å². The number of hydrogen-bond acceptors (Lipinski definition) is 2. The van der Waals surface area contributed by atoms with Crippen molar-refractivity contribution in [1.29, 1.82) is 0 Å². The summed E-state index contributed by atoms with van der Waals surface area (Å²) in [6.45, 7) is 4.21. The lowest BCUT2D eigenvalue weighted by atomic mass is 10.0. The van der Waals surface area contributed by atoms with E-state index in [2.05, 4.69) is 0 Å². The molecule has 0 spiro atoms. The van der Waals surface area contributed by atoms with Gasteiger partial charge in [-0.25, -0.2) is 0 Å². The van der Waals surface area contributed by atoms with Crippen LogP contribution in [0.1, 0.15) is 43.9 Å². The normalized spacial score (nSPS) is 15.3. The molecule has 1 aromatic carbocycles. The van der Waals surface area contributed by atoms with Gasteiger partial charge in [0.1, 0.15) is 0 Å². The third kappa shape index (κ3) is 5.20. The van der Waals surface area contributed by atoms with E-state index in [1.165, 1.54) is 6.07 Å². The maximum absolute atomic E-state index is 12.6. The molecular weight excluding hydrogens is 255 g/mol. The fourth-order valence-corrected chi connectivity index (χ4v) is 1.80. The molecule has 0 aliphatic rings. The Morgan fingerprint density at radius 2 is 2.00 bits per heavy atom. The summed E-state index contributed by atoms with van der Waals surface area (Å²) in [5, 5.41) is 0. The smallest absolute Gasteiger partial charge is 0.377 e. The zero-order chi connectivity index (χ0) is 14.5. The first-order valence-electron chi connectivity index (χ1n) is 6.39. The first-order chi connectivity index (χ1) is 8.84. The van der Waals surface area contributed by atoms with Crippen LogP contribution in [-0.2, 0) is 10.9 Å². The third-order valence-corrected chi connectivity index (χ3v) is 2.90. The lowest BCUT2D eigenvalue weighted by Crippen LogP contribution is -2.21. The number of ether oxygens (including phenoxy) is 1. The van der Waals surface area contributed by atoms with Crippen LogP contribution in [0.2, 0.25) is 0 Å². The van der Waals surface area contributed by atoms with E-state index in [0.29, 0.717) is 5.56 Å². The highest BCUT2D eigenvalue weighted by atomic mass is 19.4. The van der Waals surface area contributed by atoms with Crippen LogP contribution in [0.5, 0.6) is 0 Å². The second-order valence-corrected chi connectivity index (χ2v) is 4.66. The van der Waals surface area contributed by atoms with E-state index < -0.39 is 17.8 Å². The summed E-state index contributed by atoms with van der Waals surface area (Å²) in [7, 11) is 0. The fourth-order valence-electron chi connectivity index (χ4n) is 1.80. The number of nitrogens with two attached hydrogens (primary N) is 1. The summed E-state index contributed by atoms with van der Waals surface area (Å²) in [5.74, 6) is 0. The Hall–Kier alpha value is -1.07. The average molecular weight is 275 g/mol. The molecule has 2 N–H and O–H groups in total. The molecule has 5 heteroatoms. The highest BCUT2D eigenvalue weighted by Crippen LogP contribution is 2.30. The largest absolute Gasteiger partial charge is 0.416 e. The van der Waals surface area contributed by atoms with Crippen LogP contribution in [0.4, 0.5) is 13.2 Å². The summed E-state index contributed by atoms with van der Waals surface area (Å²) in [4.78, 5) is 0. The standard InChI is InChI=1S/C14H20F3NO/c1-3-5-10(2)19-9-13(18)11-6-4-7-12(8-11)14(15,16)17/h4,6-8,10,13H,3,5,9,18H2,1-2H3. The number of hydrogen-bond donors (Lipinski definition) is 1. The molecule has 2 nitrogen and oxygen atoms in total. The summed E-state index contributed by atoms with van der Waals surface area (Å²) >= 11 is 0. The van der Waals surface area contributed by atoms with Crippen LogP contribution in [0.25, 0.3) is 0 Å². The molecule has 0 saturated heterocycles. The van der Waals surface area contributed by atoms with Crippen LogP contribution >= 0.6 is 0 Å². The van der Waals surface area contributed by atoms with Gasteiger partial charge in [0, 0.05) is 0 Å². The van der Waals surface area contributed by atoms with E-state index in [1.807, 2.05) is 13.8 Å². The summed E-state index contributed by atoms with van der Waals surface area (Å²) in [5.41, 5.74) is 5.62. The number of benzene rings is 1. The molecule has 108 valence electrons. The van der Waals surface area contributed by atoms with Crippen molar-refractivity contribution in [1.82, 2.24) is 0 Å². The van der Waals surface area contributed by atoms with Crippen molar-refractivity contribution < 1.29 is 17.9 Å². The SMILES string of the molecule is CCCC(C)OCC(N)c1cccc(C(F)(F)F)c1. The van der Waals surface area contributed by atoms with Crippen molar-refractivity contribution >= 4 is 0 Å². The first kappa shape index (κ1) is 16.0. The minimum absolute atomic E-state index is 0.0712. The molecule has 0 aromatic heterocycles. The predicted octanol–water partition coefficient (Wildman–Crippen LogP) is 3.91. The second-order valence-electron chi connectivity index (χ2n) is 4.66. The predicted molar refractivity (Wildman–Crippen MR) is 68.7 cm³/mol. The van der Waals surface area contributed by atoms with E-state index in [0.717, 1.165) is 25.0 Å². The van der Waals surface area contributed by atoms with Gasteiger partial charge in [0.25, 0.3) is 0 Å². The minimum atomic E-state index is -4.34. The zero-order valence-electron chi connectivity index (χ0n) is 11.2. The number of rotatable bonds is 6. The van der Waals surface area contributed by atoms with Crippen LogP contribution < -0.4 is 5.73 Å². The molecular formula is C14H20F3NO. The molecule has 2 unspecified atom stereocenters. The zero-order valence-corrected chi connectivity index (χ0v) is 11.2. The summed E-state index contributed by atoms with van der Waals surface area (Å²) < 4.78 is 43.2. The van der Waals surface area contributed by atoms with E-state index in [9.17, 15) is 13.2 Å². The molecule has 0 bridgehead atoms. The average Bonchev–Trinajstić information content (AvgIpc) is 2.35. The highest BCUT2D eigenvalue weighted by molar-refractivity contribution is 5.27. The monoisotopic (exact) mass is 275 g/mol. The van der Waals surface area contributed by atoms with E-state index in [1.54, 1.807) is 6.07 Å². The van der Waals surface area contributed by atoms with Crippen molar-refractivity contribution in [2.45, 2.75) is 45.0 Å². The molecule has 0 radical (unpaired) electrons. The topological polar surface area (TPSA) is 35.2 Å². The van der Waals surface area contributed by atoms with E-state index in [4.69, 9.17) is 10.5 Å². The quantitative estimate of drug-likeness (QED) is 0.854. The fraction of sp³-hybridized carbons (Fsp3) is 0.571. The number of halogens is 3. The van der Waals surface area contributed by atoms with Gasteiger partial charge in [0.05, 0.1) is 24.3 Å². The highest BCUT2D eigenvalue weighted by Gasteiger charge is 2.30. The molecule has 0 heterocycles. The first-order valence-corrected chi connectivity index (χ1v) is 6.39. The molecule has 0 aliphatic heterocycles. The Morgan fingerprint density at radius 1 is 1.32 bits per heavy atom. The van der Waals surface area contributed by atoms with Crippen LogP contribution in [0.3, 0.4) is 0 Å². The van der Waals surface area contributed by atoms with Gasteiger partial charge in [0.15, 0.2) is 0 Å². The Labute approximate surface area is 111 Å². The molecule has 1 rings (SSSR count). The Morgan fingerprint density at radius 3 is 2.58 bits per heavy atom. The van der Waals surface area contributed by atoms with Gasteiger partial charge in [-0.1, -0.05) is 25.5 Å². The Kier molecular flexibility index (Phi) is 5.82. The van der Waals surface area contributed by atoms with Crippen LogP contribution in [0, 0.1) is 0 Å². The van der Waals surface area contributed by atoms with Gasteiger partial charge in [-0.15, -0.1) is 0 Å². The van der Waals surface area contributed by atoms with Gasteiger partial charge < -0.3 is 10.5 Å². The van der Waals surface area contributed by atoms with Gasteiger partial charge in [-0.05, 0) is 31.0 Å². The van der Waals surface area contributed by atoms with Gasteiger partial charge in [-0.2, -0.15) is 13.2 Å². The molecule has 1 aromatic rings. The van der Waals surface area contributed by atoms with Crippen molar-refractivity contribution in [3.8, 4) is 0 Å². The number of alkyl halides is 3. The molecule has 0 saturated carbocycles. The maximum Gasteiger partial charge on any atom is 0.416 e. The van der Waals surface area contributed by atoms with Crippen LogP contribution in [0.15, 0.2) is 24.3 Å². The molecule has 0 fully saturated rings. The lowest BCUT2D eigenvalue weighted by Gasteiger charge is -2.18. The lowest BCUT2D eigenvalue weighted by molar-refractivity contribution is -0.137. The summed E-state index contributed by atoms with van der Waals surface area (Å²) in [6, 6.07) is 4.54.